The monoisotopic (exact) mass is 260 g/mol. The number of nitrogens with zero attached hydrogens (tertiary/aromatic N) is 1. The van der Waals surface area contributed by atoms with E-state index in [9.17, 15) is 23.9 Å². The predicted molar refractivity (Wildman–Crippen MR) is 58.8 cm³/mol. The number of halogens is 1. The highest BCUT2D eigenvalue weighted by molar-refractivity contribution is 5.69. The van der Waals surface area contributed by atoms with Crippen molar-refractivity contribution in [3.8, 4) is 5.88 Å². The average molecular weight is 260 g/mol. The summed E-state index contributed by atoms with van der Waals surface area (Å²) in [6.45, 7) is 1.81. The minimum absolute atomic E-state index is 0.0282. The summed E-state index contributed by atoms with van der Waals surface area (Å²) in [7, 11) is 0. The van der Waals surface area contributed by atoms with Gasteiger partial charge in [0.25, 0.3) is 5.56 Å². The molecule has 7 nitrogen and oxygen atoms in total. The van der Waals surface area contributed by atoms with Crippen molar-refractivity contribution in [1.82, 2.24) is 9.55 Å². The first-order valence-electron chi connectivity index (χ1n) is 5.34. The van der Waals surface area contributed by atoms with Gasteiger partial charge in [-0.15, -0.1) is 0 Å². The summed E-state index contributed by atoms with van der Waals surface area (Å²) in [6.07, 6.45) is 0.207. The van der Waals surface area contributed by atoms with E-state index in [1.807, 2.05) is 0 Å². The minimum Gasteiger partial charge on any atom is -0.492 e. The summed E-state index contributed by atoms with van der Waals surface area (Å²) in [4.78, 5) is 34.8. The van der Waals surface area contributed by atoms with E-state index < -0.39 is 28.9 Å². The Labute approximate surface area is 101 Å². The first-order chi connectivity index (χ1) is 8.47. The molecule has 18 heavy (non-hydrogen) atoms. The van der Waals surface area contributed by atoms with Crippen LogP contribution in [0.4, 0.5) is 4.39 Å². The maximum Gasteiger partial charge on any atom is 0.331 e. The molecule has 8 heteroatoms. The first-order valence-corrected chi connectivity index (χ1v) is 5.34. The molecule has 0 aliphatic heterocycles. The van der Waals surface area contributed by atoms with E-state index >= 15 is 0 Å². The van der Waals surface area contributed by atoms with Crippen molar-refractivity contribution in [2.24, 2.45) is 0 Å². The van der Waals surface area contributed by atoms with E-state index in [0.29, 0.717) is 4.57 Å². The largest absolute Gasteiger partial charge is 0.492 e. The Morgan fingerprint density at radius 2 is 2.17 bits per heavy atom. The highest BCUT2D eigenvalue weighted by Gasteiger charge is 2.13. The number of rotatable bonds is 5. The van der Waals surface area contributed by atoms with Gasteiger partial charge in [0.2, 0.25) is 11.7 Å². The van der Waals surface area contributed by atoms with Crippen LogP contribution in [-0.4, -0.2) is 27.2 Å². The van der Waals surface area contributed by atoms with Crippen molar-refractivity contribution in [2.45, 2.75) is 26.3 Å². The van der Waals surface area contributed by atoms with Crippen LogP contribution in [0.2, 0.25) is 0 Å². The van der Waals surface area contributed by atoms with Crippen LogP contribution in [0.15, 0.2) is 9.59 Å². The van der Waals surface area contributed by atoms with Crippen molar-refractivity contribution in [3.63, 3.8) is 0 Å². The lowest BCUT2D eigenvalue weighted by Gasteiger charge is -2.07. The van der Waals surface area contributed by atoms with E-state index in [2.05, 4.69) is 4.74 Å². The second-order valence-corrected chi connectivity index (χ2v) is 3.46. The molecule has 0 aliphatic carbocycles. The van der Waals surface area contributed by atoms with Gasteiger partial charge < -0.3 is 9.84 Å². The molecule has 0 amide bonds. The van der Waals surface area contributed by atoms with Crippen LogP contribution in [0.1, 0.15) is 19.8 Å². The predicted octanol–water partition coefficient (Wildman–Crippen LogP) is -0.275. The van der Waals surface area contributed by atoms with Gasteiger partial charge in [-0.1, -0.05) is 0 Å². The molecule has 0 bridgehead atoms. The van der Waals surface area contributed by atoms with E-state index in [-0.39, 0.29) is 26.0 Å². The standard InChI is InChI=1S/C10H13FN2O5/c1-2-18-6(14)4-3-5-13-9(16)7(11)8(15)12-10(13)17/h16H,2-5H2,1H3,(H,12,15,17). The molecular weight excluding hydrogens is 247 g/mol. The van der Waals surface area contributed by atoms with Gasteiger partial charge >= 0.3 is 11.7 Å². The maximum absolute atomic E-state index is 13.0. The van der Waals surface area contributed by atoms with E-state index in [4.69, 9.17) is 0 Å². The molecule has 0 spiro atoms. The highest BCUT2D eigenvalue weighted by Crippen LogP contribution is 2.08. The molecule has 1 aromatic heterocycles. The maximum atomic E-state index is 13.0. The van der Waals surface area contributed by atoms with Crippen molar-refractivity contribution >= 4 is 5.97 Å². The number of nitrogens with one attached hydrogen (secondary N) is 1. The van der Waals surface area contributed by atoms with Crippen molar-refractivity contribution in [3.05, 3.63) is 26.7 Å². The molecular formula is C10H13FN2O5. The Hall–Kier alpha value is -2.12. The topological polar surface area (TPSA) is 101 Å². The van der Waals surface area contributed by atoms with Crippen LogP contribution in [0.5, 0.6) is 5.88 Å². The molecule has 0 radical (unpaired) electrons. The third kappa shape index (κ3) is 3.19. The van der Waals surface area contributed by atoms with Crippen molar-refractivity contribution < 1.29 is 19.0 Å². The zero-order valence-electron chi connectivity index (χ0n) is 9.73. The number of hydrogen-bond donors (Lipinski definition) is 2. The lowest BCUT2D eigenvalue weighted by Crippen LogP contribution is -2.32. The number of carbonyl (C=O) groups is 1. The number of carbonyl (C=O) groups excluding carboxylic acids is 1. The molecule has 0 atom stereocenters. The quantitative estimate of drug-likeness (QED) is 0.709. The van der Waals surface area contributed by atoms with E-state index in [1.54, 1.807) is 11.9 Å². The number of aromatic amines is 1. The average Bonchev–Trinajstić information content (AvgIpc) is 2.31. The smallest absolute Gasteiger partial charge is 0.331 e. The molecule has 0 fully saturated rings. The van der Waals surface area contributed by atoms with Crippen molar-refractivity contribution in [2.75, 3.05) is 6.61 Å². The first kappa shape index (κ1) is 13.9. The van der Waals surface area contributed by atoms with E-state index in [1.165, 1.54) is 0 Å². The summed E-state index contributed by atoms with van der Waals surface area (Å²) in [5.74, 6) is -2.91. The summed E-state index contributed by atoms with van der Waals surface area (Å²) in [5, 5.41) is 9.28. The Kier molecular flexibility index (Phi) is 4.64. The zero-order chi connectivity index (χ0) is 13.7. The molecule has 0 aromatic carbocycles. The molecule has 2 N–H and O–H groups in total. The van der Waals surface area contributed by atoms with Crippen molar-refractivity contribution in [1.29, 1.82) is 0 Å². The number of aromatic hydroxyl groups is 1. The molecule has 1 rings (SSSR count). The molecule has 100 valence electrons. The lowest BCUT2D eigenvalue weighted by atomic mass is 10.3. The molecule has 0 saturated heterocycles. The highest BCUT2D eigenvalue weighted by atomic mass is 19.1. The zero-order valence-corrected chi connectivity index (χ0v) is 9.73. The molecule has 1 heterocycles. The van der Waals surface area contributed by atoms with Gasteiger partial charge in [0, 0.05) is 13.0 Å². The van der Waals surface area contributed by atoms with Crippen LogP contribution in [0.25, 0.3) is 0 Å². The van der Waals surface area contributed by atoms with Gasteiger partial charge in [-0.3, -0.25) is 19.1 Å². The second kappa shape index (κ2) is 5.99. The number of esters is 1. The fourth-order valence-electron chi connectivity index (χ4n) is 1.36. The third-order valence-electron chi connectivity index (χ3n) is 2.18. The fraction of sp³-hybridized carbons (Fsp3) is 0.500. The van der Waals surface area contributed by atoms with E-state index in [0.717, 1.165) is 0 Å². The minimum atomic E-state index is -1.43. The van der Waals surface area contributed by atoms with Gasteiger partial charge in [-0.25, -0.2) is 4.79 Å². The van der Waals surface area contributed by atoms with Crippen LogP contribution < -0.4 is 11.2 Å². The number of ether oxygens (including phenoxy) is 1. The van der Waals surface area contributed by atoms with Gasteiger partial charge in [-0.2, -0.15) is 4.39 Å². The fourth-order valence-corrected chi connectivity index (χ4v) is 1.36. The van der Waals surface area contributed by atoms with Gasteiger partial charge in [-0.05, 0) is 13.3 Å². The molecule has 0 saturated carbocycles. The number of aromatic nitrogens is 2. The van der Waals surface area contributed by atoms with Gasteiger partial charge in [0.1, 0.15) is 0 Å². The number of hydrogen-bond acceptors (Lipinski definition) is 5. The van der Waals surface area contributed by atoms with Gasteiger partial charge in [0.15, 0.2) is 0 Å². The van der Waals surface area contributed by atoms with Crippen LogP contribution >= 0.6 is 0 Å². The SMILES string of the molecule is CCOC(=O)CCCn1c(O)c(F)c(=O)[nH]c1=O. The normalized spacial score (nSPS) is 10.3. The Bertz CT molecular complexity index is 548. The molecule has 1 aromatic rings. The molecule has 0 aliphatic rings. The van der Waals surface area contributed by atoms with Crippen LogP contribution in [-0.2, 0) is 16.1 Å². The summed E-state index contributed by atoms with van der Waals surface area (Å²) < 4.78 is 18.3. The number of H-pyrrole nitrogens is 1. The van der Waals surface area contributed by atoms with Crippen LogP contribution in [0.3, 0.4) is 0 Å². The summed E-state index contributed by atoms with van der Waals surface area (Å²) >= 11 is 0. The van der Waals surface area contributed by atoms with Gasteiger partial charge in [0.05, 0.1) is 6.61 Å². The summed E-state index contributed by atoms with van der Waals surface area (Å²) in [5.41, 5.74) is -2.21. The second-order valence-electron chi connectivity index (χ2n) is 3.46. The molecule has 0 unspecified atom stereocenters. The third-order valence-corrected chi connectivity index (χ3v) is 2.18. The lowest BCUT2D eigenvalue weighted by molar-refractivity contribution is -0.143. The van der Waals surface area contributed by atoms with Crippen LogP contribution in [0, 0.1) is 5.82 Å². The Morgan fingerprint density at radius 3 is 2.78 bits per heavy atom. The Morgan fingerprint density at radius 1 is 1.50 bits per heavy atom. The summed E-state index contributed by atoms with van der Waals surface area (Å²) in [6, 6.07) is 0. The Balaban J connectivity index is 2.75.